The minimum atomic E-state index is -0.445. The summed E-state index contributed by atoms with van der Waals surface area (Å²) in [4.78, 5) is 27.2. The van der Waals surface area contributed by atoms with E-state index in [9.17, 15) is 14.9 Å². The molecule has 2 aromatic rings. The Labute approximate surface area is 143 Å². The summed E-state index contributed by atoms with van der Waals surface area (Å²) in [5.41, 5.74) is 1.25. The molecule has 1 N–H and O–H groups in total. The lowest BCUT2D eigenvalue weighted by Crippen LogP contribution is -2.39. The van der Waals surface area contributed by atoms with Crippen molar-refractivity contribution in [2.24, 2.45) is 10.9 Å². The molecule has 0 radical (unpaired) electrons. The summed E-state index contributed by atoms with van der Waals surface area (Å²) in [6.07, 6.45) is 0. The SMILES string of the molecule is O=C(c1ccc(Cl)cc1)C1CN=C(c2cccc([N+](=O)[O-])c2)NC1. The van der Waals surface area contributed by atoms with E-state index in [1.165, 1.54) is 12.1 Å². The number of nitro groups is 1. The third-order valence-corrected chi connectivity index (χ3v) is 4.07. The van der Waals surface area contributed by atoms with Gasteiger partial charge in [0.2, 0.25) is 0 Å². The zero-order valence-corrected chi connectivity index (χ0v) is 13.4. The maximum Gasteiger partial charge on any atom is 0.270 e. The highest BCUT2D eigenvalue weighted by molar-refractivity contribution is 6.30. The molecule has 1 heterocycles. The maximum atomic E-state index is 12.5. The van der Waals surface area contributed by atoms with E-state index in [4.69, 9.17) is 11.6 Å². The van der Waals surface area contributed by atoms with Crippen LogP contribution < -0.4 is 5.32 Å². The summed E-state index contributed by atoms with van der Waals surface area (Å²) in [5, 5.41) is 14.5. The first-order chi connectivity index (χ1) is 11.5. The van der Waals surface area contributed by atoms with Gasteiger partial charge in [-0.2, -0.15) is 0 Å². The summed E-state index contributed by atoms with van der Waals surface area (Å²) in [6.45, 7) is 0.773. The Kier molecular flexibility index (Phi) is 4.57. The Balaban J connectivity index is 1.74. The van der Waals surface area contributed by atoms with E-state index in [-0.39, 0.29) is 17.4 Å². The summed E-state index contributed by atoms with van der Waals surface area (Å²) in [7, 11) is 0. The van der Waals surface area contributed by atoms with Gasteiger partial charge < -0.3 is 5.32 Å². The highest BCUT2D eigenvalue weighted by Gasteiger charge is 2.24. The number of nitrogens with zero attached hydrogens (tertiary/aromatic N) is 2. The third-order valence-electron chi connectivity index (χ3n) is 3.82. The number of rotatable bonds is 4. The average Bonchev–Trinajstić information content (AvgIpc) is 2.62. The van der Waals surface area contributed by atoms with Crippen molar-refractivity contribution in [1.82, 2.24) is 5.32 Å². The van der Waals surface area contributed by atoms with Crippen molar-refractivity contribution in [1.29, 1.82) is 0 Å². The lowest BCUT2D eigenvalue weighted by atomic mass is 9.96. The number of nitrogens with one attached hydrogen (secondary N) is 1. The number of carbonyl (C=O) groups excluding carboxylic acids is 1. The number of halogens is 1. The summed E-state index contributed by atoms with van der Waals surface area (Å²) < 4.78 is 0. The number of hydrogen-bond acceptors (Lipinski definition) is 5. The molecule has 1 unspecified atom stereocenters. The van der Waals surface area contributed by atoms with Gasteiger partial charge in [-0.1, -0.05) is 23.7 Å². The van der Waals surface area contributed by atoms with Crippen LogP contribution in [0.3, 0.4) is 0 Å². The van der Waals surface area contributed by atoms with E-state index in [0.29, 0.717) is 35.1 Å². The molecule has 1 atom stereocenters. The highest BCUT2D eigenvalue weighted by atomic mass is 35.5. The quantitative estimate of drug-likeness (QED) is 0.525. The molecule has 0 spiro atoms. The van der Waals surface area contributed by atoms with Crippen molar-refractivity contribution < 1.29 is 9.72 Å². The first-order valence-electron chi connectivity index (χ1n) is 7.37. The van der Waals surface area contributed by atoms with Gasteiger partial charge in [-0.25, -0.2) is 0 Å². The fourth-order valence-corrected chi connectivity index (χ4v) is 2.65. The standard InChI is InChI=1S/C17H14ClN3O3/c18-14-6-4-11(5-7-14)16(22)13-9-19-17(20-10-13)12-2-1-3-15(8-12)21(23)24/h1-8,13H,9-10H2,(H,19,20). The zero-order chi connectivity index (χ0) is 17.1. The average molecular weight is 344 g/mol. The molecule has 0 saturated heterocycles. The molecule has 1 aliphatic heterocycles. The molecule has 0 aliphatic carbocycles. The van der Waals surface area contributed by atoms with Gasteiger partial charge in [-0.15, -0.1) is 0 Å². The molecular weight excluding hydrogens is 330 g/mol. The minimum Gasteiger partial charge on any atom is -0.369 e. The van der Waals surface area contributed by atoms with Crippen molar-refractivity contribution in [2.75, 3.05) is 13.1 Å². The maximum absolute atomic E-state index is 12.5. The molecule has 0 amide bonds. The van der Waals surface area contributed by atoms with Gasteiger partial charge in [-0.3, -0.25) is 19.9 Å². The summed E-state index contributed by atoms with van der Waals surface area (Å²) in [6, 6.07) is 13.0. The van der Waals surface area contributed by atoms with Gasteiger partial charge in [0, 0.05) is 34.8 Å². The number of carbonyl (C=O) groups is 1. The topological polar surface area (TPSA) is 84.6 Å². The van der Waals surface area contributed by atoms with E-state index in [1.807, 2.05) is 0 Å². The monoisotopic (exact) mass is 343 g/mol. The predicted molar refractivity (Wildman–Crippen MR) is 91.8 cm³/mol. The number of ketones is 1. The number of benzene rings is 2. The Morgan fingerprint density at radius 3 is 2.62 bits per heavy atom. The Bertz CT molecular complexity index is 818. The van der Waals surface area contributed by atoms with Gasteiger partial charge >= 0.3 is 0 Å². The molecule has 2 aromatic carbocycles. The van der Waals surface area contributed by atoms with E-state index in [2.05, 4.69) is 10.3 Å². The van der Waals surface area contributed by atoms with Crippen LogP contribution in [0.5, 0.6) is 0 Å². The van der Waals surface area contributed by atoms with Crippen LogP contribution in [-0.2, 0) is 0 Å². The fourth-order valence-electron chi connectivity index (χ4n) is 2.53. The first kappa shape index (κ1) is 16.1. The van der Waals surface area contributed by atoms with Crippen LogP contribution in [0, 0.1) is 16.0 Å². The number of hydrogen-bond donors (Lipinski definition) is 1. The summed E-state index contributed by atoms with van der Waals surface area (Å²) >= 11 is 5.83. The molecule has 7 heteroatoms. The van der Waals surface area contributed by atoms with Gasteiger partial charge in [0.1, 0.15) is 5.84 Å². The van der Waals surface area contributed by atoms with E-state index >= 15 is 0 Å². The lowest BCUT2D eigenvalue weighted by molar-refractivity contribution is -0.384. The van der Waals surface area contributed by atoms with Crippen LogP contribution in [-0.4, -0.2) is 29.6 Å². The number of nitro benzene ring substituents is 1. The van der Waals surface area contributed by atoms with Crippen LogP contribution in [0.25, 0.3) is 0 Å². The van der Waals surface area contributed by atoms with Crippen LogP contribution in [0.15, 0.2) is 53.5 Å². The van der Waals surface area contributed by atoms with Crippen molar-refractivity contribution in [2.45, 2.75) is 0 Å². The second kappa shape index (κ2) is 6.80. The predicted octanol–water partition coefficient (Wildman–Crippen LogP) is 3.10. The van der Waals surface area contributed by atoms with Crippen LogP contribution in [0.4, 0.5) is 5.69 Å². The molecule has 3 rings (SSSR count). The number of non-ortho nitro benzene ring substituents is 1. The fraction of sp³-hybridized carbons (Fsp3) is 0.176. The minimum absolute atomic E-state index is 0.000934. The van der Waals surface area contributed by atoms with Crippen molar-refractivity contribution >= 4 is 28.9 Å². The second-order valence-electron chi connectivity index (χ2n) is 5.45. The van der Waals surface area contributed by atoms with Crippen LogP contribution in [0.1, 0.15) is 15.9 Å². The Hall–Kier alpha value is -2.73. The molecule has 122 valence electrons. The normalized spacial score (nSPS) is 16.9. The molecule has 6 nitrogen and oxygen atoms in total. The van der Waals surface area contributed by atoms with Gasteiger partial charge in [-0.05, 0) is 24.3 Å². The molecule has 0 fully saturated rings. The molecule has 1 aliphatic rings. The summed E-state index contributed by atoms with van der Waals surface area (Å²) in [5.74, 6) is 0.300. The van der Waals surface area contributed by atoms with Gasteiger partial charge in [0.25, 0.3) is 5.69 Å². The molecule has 0 saturated carbocycles. The van der Waals surface area contributed by atoms with Crippen LogP contribution in [0.2, 0.25) is 5.02 Å². The van der Waals surface area contributed by atoms with Crippen molar-refractivity contribution in [3.05, 3.63) is 74.8 Å². The smallest absolute Gasteiger partial charge is 0.270 e. The van der Waals surface area contributed by atoms with Crippen LogP contribution >= 0.6 is 11.6 Å². The molecule has 0 bridgehead atoms. The van der Waals surface area contributed by atoms with Crippen molar-refractivity contribution in [3.63, 3.8) is 0 Å². The Morgan fingerprint density at radius 2 is 2.00 bits per heavy atom. The highest BCUT2D eigenvalue weighted by Crippen LogP contribution is 2.18. The zero-order valence-electron chi connectivity index (χ0n) is 12.6. The second-order valence-corrected chi connectivity index (χ2v) is 5.88. The van der Waals surface area contributed by atoms with E-state index in [1.54, 1.807) is 36.4 Å². The van der Waals surface area contributed by atoms with Crippen molar-refractivity contribution in [3.8, 4) is 0 Å². The van der Waals surface area contributed by atoms with E-state index < -0.39 is 4.92 Å². The lowest BCUT2D eigenvalue weighted by Gasteiger charge is -2.22. The third kappa shape index (κ3) is 3.44. The first-order valence-corrected chi connectivity index (χ1v) is 7.75. The molecular formula is C17H14ClN3O3. The number of aliphatic imine (C=N–C) groups is 1. The molecule has 0 aromatic heterocycles. The Morgan fingerprint density at radius 1 is 1.25 bits per heavy atom. The largest absolute Gasteiger partial charge is 0.369 e. The van der Waals surface area contributed by atoms with Gasteiger partial charge in [0.15, 0.2) is 5.78 Å². The van der Waals surface area contributed by atoms with E-state index in [0.717, 1.165) is 0 Å². The molecule has 24 heavy (non-hydrogen) atoms. The number of amidine groups is 1. The number of Topliss-reactive ketones (excluding diaryl/α,β-unsaturated/α-hetero) is 1. The van der Waals surface area contributed by atoms with Gasteiger partial charge in [0.05, 0.1) is 17.4 Å².